The molecule has 1 aromatic heterocycles. The number of nitrogens with zero attached hydrogens (tertiary/aromatic N) is 1. The highest BCUT2D eigenvalue weighted by molar-refractivity contribution is 7.09. The molecule has 106 valence electrons. The maximum absolute atomic E-state index is 4.25. The lowest BCUT2D eigenvalue weighted by Gasteiger charge is -2.16. The molecule has 0 radical (unpaired) electrons. The molecule has 20 heavy (non-hydrogen) atoms. The van der Waals surface area contributed by atoms with Crippen LogP contribution in [0.4, 0.5) is 0 Å². The van der Waals surface area contributed by atoms with Gasteiger partial charge in [0.1, 0.15) is 0 Å². The monoisotopic (exact) mass is 287 g/mol. The number of nitrogens with one attached hydrogen (secondary N) is 2. The number of benzene rings is 1. The molecule has 1 atom stereocenters. The molecular formula is C16H21N3S. The van der Waals surface area contributed by atoms with Crippen molar-refractivity contribution in [2.45, 2.75) is 19.4 Å². The molecule has 2 aromatic rings. The molecule has 0 aliphatic heterocycles. The summed E-state index contributed by atoms with van der Waals surface area (Å²) in [6.07, 6.45) is 0. The average molecular weight is 287 g/mol. The summed E-state index contributed by atoms with van der Waals surface area (Å²) in [4.78, 5) is 5.56. The second kappa shape index (κ2) is 7.70. The third-order valence-electron chi connectivity index (χ3n) is 3.18. The molecule has 0 aliphatic rings. The van der Waals surface area contributed by atoms with Gasteiger partial charge in [-0.25, -0.2) is 0 Å². The van der Waals surface area contributed by atoms with Gasteiger partial charge >= 0.3 is 0 Å². The van der Waals surface area contributed by atoms with Gasteiger partial charge in [-0.1, -0.05) is 43.3 Å². The summed E-state index contributed by atoms with van der Waals surface area (Å²) in [7, 11) is 1.80. The van der Waals surface area contributed by atoms with E-state index in [9.17, 15) is 0 Å². The third-order valence-corrected chi connectivity index (χ3v) is 4.05. The van der Waals surface area contributed by atoms with Crippen LogP contribution in [0.1, 0.15) is 23.3 Å². The zero-order valence-electron chi connectivity index (χ0n) is 12.0. The molecule has 1 heterocycles. The van der Waals surface area contributed by atoms with Gasteiger partial charge in [0.15, 0.2) is 5.96 Å². The number of guanidine groups is 1. The first kappa shape index (κ1) is 14.6. The van der Waals surface area contributed by atoms with Gasteiger partial charge < -0.3 is 10.6 Å². The fourth-order valence-electron chi connectivity index (χ4n) is 1.95. The van der Waals surface area contributed by atoms with E-state index in [1.807, 2.05) is 6.07 Å². The first-order valence-corrected chi connectivity index (χ1v) is 7.69. The van der Waals surface area contributed by atoms with Crippen molar-refractivity contribution in [3.05, 3.63) is 58.3 Å². The van der Waals surface area contributed by atoms with E-state index in [2.05, 4.69) is 64.3 Å². The topological polar surface area (TPSA) is 36.4 Å². The molecule has 2 N–H and O–H groups in total. The second-order valence-corrected chi connectivity index (χ2v) is 5.73. The van der Waals surface area contributed by atoms with Crippen LogP contribution in [-0.2, 0) is 6.54 Å². The Balaban J connectivity index is 1.79. The fraction of sp³-hybridized carbons (Fsp3) is 0.312. The van der Waals surface area contributed by atoms with Crippen LogP contribution in [0, 0.1) is 0 Å². The van der Waals surface area contributed by atoms with Crippen LogP contribution in [0.2, 0.25) is 0 Å². The minimum atomic E-state index is 0.455. The van der Waals surface area contributed by atoms with Crippen molar-refractivity contribution in [3.8, 4) is 0 Å². The van der Waals surface area contributed by atoms with E-state index in [0.717, 1.165) is 19.0 Å². The smallest absolute Gasteiger partial charge is 0.191 e. The number of hydrogen-bond donors (Lipinski definition) is 2. The van der Waals surface area contributed by atoms with Crippen LogP contribution in [0.15, 0.2) is 52.8 Å². The van der Waals surface area contributed by atoms with Gasteiger partial charge in [0.25, 0.3) is 0 Å². The molecule has 0 aliphatic carbocycles. The molecule has 0 bridgehead atoms. The summed E-state index contributed by atoms with van der Waals surface area (Å²) in [5.74, 6) is 1.30. The van der Waals surface area contributed by atoms with Gasteiger partial charge in [0, 0.05) is 18.5 Å². The maximum Gasteiger partial charge on any atom is 0.191 e. The summed E-state index contributed by atoms with van der Waals surface area (Å²) >= 11 is 1.75. The predicted molar refractivity (Wildman–Crippen MR) is 87.4 cm³/mol. The van der Waals surface area contributed by atoms with Crippen LogP contribution >= 0.6 is 11.3 Å². The summed E-state index contributed by atoms with van der Waals surface area (Å²) in [6.45, 7) is 3.90. The van der Waals surface area contributed by atoms with Crippen LogP contribution < -0.4 is 10.6 Å². The van der Waals surface area contributed by atoms with E-state index in [1.54, 1.807) is 18.4 Å². The highest BCUT2D eigenvalue weighted by atomic mass is 32.1. The lowest BCUT2D eigenvalue weighted by molar-refractivity contribution is 0.700. The normalized spacial score (nSPS) is 13.0. The molecule has 3 nitrogen and oxygen atoms in total. The molecular weight excluding hydrogens is 266 g/mol. The van der Waals surface area contributed by atoms with Gasteiger partial charge in [-0.15, -0.1) is 11.3 Å². The van der Waals surface area contributed by atoms with Gasteiger partial charge in [-0.2, -0.15) is 0 Å². The van der Waals surface area contributed by atoms with E-state index >= 15 is 0 Å². The summed E-state index contributed by atoms with van der Waals surface area (Å²) in [5, 5.41) is 8.79. The SMILES string of the molecule is CN=C(NCc1cccs1)NCC(C)c1ccccc1. The number of hydrogen-bond acceptors (Lipinski definition) is 2. The van der Waals surface area contributed by atoms with E-state index in [1.165, 1.54) is 10.4 Å². The molecule has 0 amide bonds. The first-order valence-electron chi connectivity index (χ1n) is 6.81. The van der Waals surface area contributed by atoms with Gasteiger partial charge in [-0.05, 0) is 22.9 Å². The molecule has 0 spiro atoms. The Labute approximate surface area is 124 Å². The number of aliphatic imine (C=N–C) groups is 1. The second-order valence-electron chi connectivity index (χ2n) is 4.70. The zero-order chi connectivity index (χ0) is 14.2. The Morgan fingerprint density at radius 3 is 2.60 bits per heavy atom. The quantitative estimate of drug-likeness (QED) is 0.654. The fourth-order valence-corrected chi connectivity index (χ4v) is 2.60. The van der Waals surface area contributed by atoms with Crippen molar-refractivity contribution in [1.29, 1.82) is 0 Å². The van der Waals surface area contributed by atoms with Gasteiger partial charge in [0.05, 0.1) is 6.54 Å². The Morgan fingerprint density at radius 2 is 1.95 bits per heavy atom. The van der Waals surface area contributed by atoms with Crippen molar-refractivity contribution in [1.82, 2.24) is 10.6 Å². The lowest BCUT2D eigenvalue weighted by Crippen LogP contribution is -2.38. The molecule has 0 saturated carbocycles. The molecule has 1 aromatic carbocycles. The molecule has 0 saturated heterocycles. The van der Waals surface area contributed by atoms with Crippen molar-refractivity contribution in [2.24, 2.45) is 4.99 Å². The Morgan fingerprint density at radius 1 is 1.15 bits per heavy atom. The maximum atomic E-state index is 4.25. The minimum absolute atomic E-state index is 0.455. The Kier molecular flexibility index (Phi) is 5.62. The van der Waals surface area contributed by atoms with Crippen molar-refractivity contribution in [2.75, 3.05) is 13.6 Å². The summed E-state index contributed by atoms with van der Waals surface area (Å²) in [6, 6.07) is 14.7. The summed E-state index contributed by atoms with van der Waals surface area (Å²) in [5.41, 5.74) is 1.34. The molecule has 1 unspecified atom stereocenters. The highest BCUT2D eigenvalue weighted by Gasteiger charge is 2.06. The van der Waals surface area contributed by atoms with E-state index in [0.29, 0.717) is 5.92 Å². The molecule has 4 heteroatoms. The van der Waals surface area contributed by atoms with E-state index in [4.69, 9.17) is 0 Å². The van der Waals surface area contributed by atoms with Crippen LogP contribution in [-0.4, -0.2) is 19.6 Å². The van der Waals surface area contributed by atoms with Gasteiger partial charge in [0.2, 0.25) is 0 Å². The van der Waals surface area contributed by atoms with Crippen LogP contribution in [0.25, 0.3) is 0 Å². The molecule has 2 rings (SSSR count). The van der Waals surface area contributed by atoms with Crippen LogP contribution in [0.3, 0.4) is 0 Å². The average Bonchev–Trinajstić information content (AvgIpc) is 3.01. The Bertz CT molecular complexity index is 520. The van der Waals surface area contributed by atoms with Crippen LogP contribution in [0.5, 0.6) is 0 Å². The third kappa shape index (κ3) is 4.38. The van der Waals surface area contributed by atoms with Crippen molar-refractivity contribution < 1.29 is 0 Å². The van der Waals surface area contributed by atoms with Crippen molar-refractivity contribution in [3.63, 3.8) is 0 Å². The van der Waals surface area contributed by atoms with E-state index in [-0.39, 0.29) is 0 Å². The highest BCUT2D eigenvalue weighted by Crippen LogP contribution is 2.13. The van der Waals surface area contributed by atoms with Gasteiger partial charge in [-0.3, -0.25) is 4.99 Å². The Hall–Kier alpha value is -1.81. The standard InChI is InChI=1S/C16H21N3S/c1-13(14-7-4-3-5-8-14)11-18-16(17-2)19-12-15-9-6-10-20-15/h3-10,13H,11-12H2,1-2H3,(H2,17,18,19). The number of thiophene rings is 1. The first-order chi connectivity index (χ1) is 9.79. The van der Waals surface area contributed by atoms with E-state index < -0.39 is 0 Å². The lowest BCUT2D eigenvalue weighted by atomic mass is 10.0. The van der Waals surface area contributed by atoms with Crippen molar-refractivity contribution >= 4 is 17.3 Å². The largest absolute Gasteiger partial charge is 0.356 e. The summed E-state index contributed by atoms with van der Waals surface area (Å²) < 4.78 is 0. The number of rotatable bonds is 5. The predicted octanol–water partition coefficient (Wildman–Crippen LogP) is 3.22. The molecule has 0 fully saturated rings. The zero-order valence-corrected chi connectivity index (χ0v) is 12.8. The minimum Gasteiger partial charge on any atom is -0.356 e.